The summed E-state index contributed by atoms with van der Waals surface area (Å²) in [6.45, 7) is 4.35. The van der Waals surface area contributed by atoms with Crippen LogP contribution in [0.25, 0.3) is 10.9 Å². The average Bonchev–Trinajstić information content (AvgIpc) is 3.11. The van der Waals surface area contributed by atoms with E-state index in [0.29, 0.717) is 5.41 Å². The first-order chi connectivity index (χ1) is 8.68. The standard InChI is InChI=1S/C15H17BrN2/c1-15(6-7-15)10-17-9-11-4-5-13(16)12-3-2-8-18-14(11)12/h2-5,8,17H,6-7,9-10H2,1H3. The molecule has 1 aromatic carbocycles. The molecule has 0 unspecified atom stereocenters. The molecule has 2 aromatic rings. The van der Waals surface area contributed by atoms with Gasteiger partial charge in [-0.3, -0.25) is 4.98 Å². The van der Waals surface area contributed by atoms with Crippen molar-refractivity contribution < 1.29 is 0 Å². The molecule has 94 valence electrons. The first-order valence-electron chi connectivity index (χ1n) is 6.41. The molecule has 0 radical (unpaired) electrons. The molecule has 1 aliphatic rings. The molecule has 1 heterocycles. The number of nitrogens with one attached hydrogen (secondary N) is 1. The Kier molecular flexibility index (Phi) is 3.12. The number of nitrogens with zero attached hydrogens (tertiary/aromatic N) is 1. The Balaban J connectivity index is 1.81. The normalized spacial score (nSPS) is 17.0. The first-order valence-corrected chi connectivity index (χ1v) is 7.20. The molecule has 0 aliphatic heterocycles. The third-order valence-corrected chi connectivity index (χ3v) is 4.46. The molecule has 0 spiro atoms. The van der Waals surface area contributed by atoms with Gasteiger partial charge in [0.1, 0.15) is 0 Å². The minimum atomic E-state index is 0.554. The van der Waals surface area contributed by atoms with E-state index in [1.165, 1.54) is 23.8 Å². The van der Waals surface area contributed by atoms with Crippen molar-refractivity contribution in [1.29, 1.82) is 0 Å². The maximum absolute atomic E-state index is 4.50. The van der Waals surface area contributed by atoms with Crippen LogP contribution in [0.5, 0.6) is 0 Å². The lowest BCUT2D eigenvalue weighted by molar-refractivity contribution is 0.500. The minimum absolute atomic E-state index is 0.554. The molecule has 1 fully saturated rings. The predicted octanol–water partition coefficient (Wildman–Crippen LogP) is 3.89. The zero-order valence-electron chi connectivity index (χ0n) is 10.5. The van der Waals surface area contributed by atoms with Gasteiger partial charge in [0, 0.05) is 29.1 Å². The number of fused-ring (bicyclic) bond motifs is 1. The lowest BCUT2D eigenvalue weighted by Gasteiger charge is -2.11. The van der Waals surface area contributed by atoms with Gasteiger partial charge in [-0.1, -0.05) is 35.0 Å². The van der Waals surface area contributed by atoms with Gasteiger partial charge in [-0.25, -0.2) is 0 Å². The molecule has 3 rings (SSSR count). The average molecular weight is 305 g/mol. The molecule has 0 amide bonds. The van der Waals surface area contributed by atoms with Crippen LogP contribution in [0, 0.1) is 5.41 Å². The molecule has 1 saturated carbocycles. The SMILES string of the molecule is CC1(CNCc2ccc(Br)c3cccnc23)CC1. The van der Waals surface area contributed by atoms with Crippen LogP contribution < -0.4 is 5.32 Å². The summed E-state index contributed by atoms with van der Waals surface area (Å²) in [6, 6.07) is 8.36. The first kappa shape index (κ1) is 12.1. The zero-order chi connectivity index (χ0) is 12.6. The lowest BCUT2D eigenvalue weighted by Crippen LogP contribution is -2.21. The van der Waals surface area contributed by atoms with E-state index in [4.69, 9.17) is 0 Å². The van der Waals surface area contributed by atoms with Gasteiger partial charge in [0.2, 0.25) is 0 Å². The van der Waals surface area contributed by atoms with Crippen molar-refractivity contribution in [3.05, 3.63) is 40.5 Å². The van der Waals surface area contributed by atoms with E-state index in [0.717, 1.165) is 23.1 Å². The number of hydrogen-bond acceptors (Lipinski definition) is 2. The number of halogens is 1. The Hall–Kier alpha value is -0.930. The fraction of sp³-hybridized carbons (Fsp3) is 0.400. The van der Waals surface area contributed by atoms with Crippen molar-refractivity contribution >= 4 is 26.8 Å². The number of pyridine rings is 1. The predicted molar refractivity (Wildman–Crippen MR) is 78.5 cm³/mol. The number of rotatable bonds is 4. The fourth-order valence-electron chi connectivity index (χ4n) is 2.23. The van der Waals surface area contributed by atoms with Crippen molar-refractivity contribution in [3.8, 4) is 0 Å². The number of aromatic nitrogens is 1. The molecule has 2 nitrogen and oxygen atoms in total. The van der Waals surface area contributed by atoms with Gasteiger partial charge in [-0.05, 0) is 36.0 Å². The summed E-state index contributed by atoms with van der Waals surface area (Å²) in [5.41, 5.74) is 2.93. The lowest BCUT2D eigenvalue weighted by atomic mass is 10.1. The molecule has 1 aromatic heterocycles. The summed E-state index contributed by atoms with van der Waals surface area (Å²) in [5.74, 6) is 0. The Bertz CT molecular complexity index is 576. The van der Waals surface area contributed by atoms with Crippen LogP contribution in [0.3, 0.4) is 0 Å². The van der Waals surface area contributed by atoms with E-state index in [-0.39, 0.29) is 0 Å². The highest BCUT2D eigenvalue weighted by atomic mass is 79.9. The van der Waals surface area contributed by atoms with Gasteiger partial charge in [-0.2, -0.15) is 0 Å². The summed E-state index contributed by atoms with van der Waals surface area (Å²) >= 11 is 3.58. The van der Waals surface area contributed by atoms with Gasteiger partial charge >= 0.3 is 0 Å². The second kappa shape index (κ2) is 4.63. The van der Waals surface area contributed by atoms with Gasteiger partial charge in [0.05, 0.1) is 5.52 Å². The molecule has 18 heavy (non-hydrogen) atoms. The second-order valence-electron chi connectivity index (χ2n) is 5.52. The van der Waals surface area contributed by atoms with Gasteiger partial charge in [0.25, 0.3) is 0 Å². The van der Waals surface area contributed by atoms with E-state index in [2.05, 4.69) is 51.4 Å². The molecule has 1 aliphatic carbocycles. The van der Waals surface area contributed by atoms with E-state index < -0.39 is 0 Å². The number of benzene rings is 1. The second-order valence-corrected chi connectivity index (χ2v) is 6.37. The van der Waals surface area contributed by atoms with Crippen LogP contribution in [0.2, 0.25) is 0 Å². The van der Waals surface area contributed by atoms with Crippen molar-refractivity contribution in [2.45, 2.75) is 26.3 Å². The number of hydrogen-bond donors (Lipinski definition) is 1. The van der Waals surface area contributed by atoms with Crippen LogP contribution in [0.15, 0.2) is 34.9 Å². The summed E-state index contributed by atoms with van der Waals surface area (Å²) in [7, 11) is 0. The maximum Gasteiger partial charge on any atom is 0.0758 e. The Labute approximate surface area is 116 Å². The highest BCUT2D eigenvalue weighted by Crippen LogP contribution is 2.44. The van der Waals surface area contributed by atoms with Crippen molar-refractivity contribution in [2.24, 2.45) is 5.41 Å². The van der Waals surface area contributed by atoms with Crippen molar-refractivity contribution in [1.82, 2.24) is 10.3 Å². The Morgan fingerprint density at radius 1 is 1.33 bits per heavy atom. The Morgan fingerprint density at radius 2 is 2.17 bits per heavy atom. The maximum atomic E-state index is 4.50. The third kappa shape index (κ3) is 2.43. The molecule has 0 bridgehead atoms. The highest BCUT2D eigenvalue weighted by molar-refractivity contribution is 9.10. The van der Waals surface area contributed by atoms with Gasteiger partial charge in [-0.15, -0.1) is 0 Å². The third-order valence-electron chi connectivity index (χ3n) is 3.77. The summed E-state index contributed by atoms with van der Waals surface area (Å²) in [4.78, 5) is 4.50. The molecule has 0 saturated heterocycles. The molecular formula is C15H17BrN2. The summed E-state index contributed by atoms with van der Waals surface area (Å²) in [6.07, 6.45) is 4.58. The quantitative estimate of drug-likeness (QED) is 0.927. The van der Waals surface area contributed by atoms with E-state index in [1.54, 1.807) is 0 Å². The van der Waals surface area contributed by atoms with Crippen LogP contribution in [0.1, 0.15) is 25.3 Å². The smallest absolute Gasteiger partial charge is 0.0758 e. The van der Waals surface area contributed by atoms with Crippen molar-refractivity contribution in [2.75, 3.05) is 6.54 Å². The molecular weight excluding hydrogens is 288 g/mol. The molecule has 3 heteroatoms. The largest absolute Gasteiger partial charge is 0.312 e. The van der Waals surface area contributed by atoms with Crippen LogP contribution in [-0.4, -0.2) is 11.5 Å². The van der Waals surface area contributed by atoms with Crippen LogP contribution >= 0.6 is 15.9 Å². The monoisotopic (exact) mass is 304 g/mol. The molecule has 1 N–H and O–H groups in total. The van der Waals surface area contributed by atoms with Gasteiger partial charge in [0.15, 0.2) is 0 Å². The molecule has 0 atom stereocenters. The highest BCUT2D eigenvalue weighted by Gasteiger charge is 2.36. The van der Waals surface area contributed by atoms with Crippen LogP contribution in [-0.2, 0) is 6.54 Å². The van der Waals surface area contributed by atoms with Gasteiger partial charge < -0.3 is 5.32 Å². The van der Waals surface area contributed by atoms with E-state index >= 15 is 0 Å². The van der Waals surface area contributed by atoms with E-state index in [9.17, 15) is 0 Å². The summed E-state index contributed by atoms with van der Waals surface area (Å²) in [5, 5.41) is 4.75. The Morgan fingerprint density at radius 3 is 2.94 bits per heavy atom. The minimum Gasteiger partial charge on any atom is -0.312 e. The summed E-state index contributed by atoms with van der Waals surface area (Å²) < 4.78 is 1.11. The van der Waals surface area contributed by atoms with Crippen molar-refractivity contribution in [3.63, 3.8) is 0 Å². The fourth-order valence-corrected chi connectivity index (χ4v) is 2.68. The zero-order valence-corrected chi connectivity index (χ0v) is 12.1. The topological polar surface area (TPSA) is 24.9 Å². The van der Waals surface area contributed by atoms with Crippen LogP contribution in [0.4, 0.5) is 0 Å². The van der Waals surface area contributed by atoms with E-state index in [1.807, 2.05) is 12.3 Å².